The Morgan fingerprint density at radius 3 is 2.40 bits per heavy atom. The summed E-state index contributed by atoms with van der Waals surface area (Å²) in [7, 11) is -1.70. The first-order valence-corrected chi connectivity index (χ1v) is 6.61. The fourth-order valence-electron chi connectivity index (χ4n) is 0.832. The minimum Gasteiger partial charge on any atom is -0.396 e. The monoisotopic (exact) mass is 239 g/mol. The molecule has 6 heteroatoms. The summed E-state index contributed by atoms with van der Waals surface area (Å²) < 4.78 is 30.4. The van der Waals surface area contributed by atoms with E-state index in [2.05, 4.69) is 4.72 Å². The summed E-state index contributed by atoms with van der Waals surface area (Å²) in [6, 6.07) is 0. The maximum Gasteiger partial charge on any atom is 0.211 e. The normalized spacial score (nSPS) is 13.1. The molecule has 0 unspecified atom stereocenters. The second-order valence-electron chi connectivity index (χ2n) is 4.03. The molecule has 0 aliphatic heterocycles. The third kappa shape index (κ3) is 7.72. The molecule has 0 aromatic heterocycles. The van der Waals surface area contributed by atoms with Crippen molar-refractivity contribution in [2.45, 2.75) is 32.3 Å². The van der Waals surface area contributed by atoms with Crippen molar-refractivity contribution in [3.8, 4) is 0 Å². The molecule has 0 heterocycles. The largest absolute Gasteiger partial charge is 0.396 e. The van der Waals surface area contributed by atoms with Crippen LogP contribution >= 0.6 is 0 Å². The number of nitrogens with one attached hydrogen (secondary N) is 1. The maximum absolute atomic E-state index is 11.4. The van der Waals surface area contributed by atoms with E-state index in [1.54, 1.807) is 7.11 Å². The predicted molar refractivity (Wildman–Crippen MR) is 59.2 cm³/mol. The van der Waals surface area contributed by atoms with Gasteiger partial charge in [0.2, 0.25) is 10.0 Å². The number of aliphatic hydroxyl groups excluding tert-OH is 1. The Bertz CT molecular complexity index is 261. The lowest BCUT2D eigenvalue weighted by molar-refractivity contribution is 0.0276. The van der Waals surface area contributed by atoms with Crippen molar-refractivity contribution in [3.63, 3.8) is 0 Å². The van der Waals surface area contributed by atoms with Gasteiger partial charge in [0.05, 0.1) is 11.4 Å². The minimum atomic E-state index is -3.24. The smallest absolute Gasteiger partial charge is 0.211 e. The average molecular weight is 239 g/mol. The first kappa shape index (κ1) is 14.8. The molecule has 0 atom stereocenters. The zero-order valence-corrected chi connectivity index (χ0v) is 10.4. The Kier molecular flexibility index (Phi) is 6.35. The summed E-state index contributed by atoms with van der Waals surface area (Å²) in [6.07, 6.45) is 0.980. The molecule has 92 valence electrons. The molecule has 15 heavy (non-hydrogen) atoms. The Balaban J connectivity index is 3.94. The van der Waals surface area contributed by atoms with Gasteiger partial charge in [-0.1, -0.05) is 0 Å². The zero-order chi connectivity index (χ0) is 11.9. The van der Waals surface area contributed by atoms with Crippen LogP contribution in [0.1, 0.15) is 26.7 Å². The molecule has 0 aliphatic rings. The first-order chi connectivity index (χ1) is 6.83. The molecule has 0 saturated heterocycles. The highest BCUT2D eigenvalue weighted by Crippen LogP contribution is 2.06. The minimum absolute atomic E-state index is 0.0269. The standard InChI is InChI=1S/C9H21NO4S/c1-9(2,14-3)8-10-15(12,13)7-5-4-6-11/h10-11H,4-8H2,1-3H3. The van der Waals surface area contributed by atoms with Crippen molar-refractivity contribution in [3.05, 3.63) is 0 Å². The van der Waals surface area contributed by atoms with Gasteiger partial charge in [-0.15, -0.1) is 0 Å². The highest BCUT2D eigenvalue weighted by molar-refractivity contribution is 7.89. The number of aliphatic hydroxyl groups is 1. The molecule has 0 aliphatic carbocycles. The third-order valence-electron chi connectivity index (χ3n) is 2.09. The topological polar surface area (TPSA) is 75.6 Å². The van der Waals surface area contributed by atoms with E-state index in [4.69, 9.17) is 9.84 Å². The van der Waals surface area contributed by atoms with Crippen molar-refractivity contribution >= 4 is 10.0 Å². The lowest BCUT2D eigenvalue weighted by atomic mass is 10.1. The van der Waals surface area contributed by atoms with Gasteiger partial charge in [-0.05, 0) is 26.7 Å². The molecule has 0 spiro atoms. The first-order valence-electron chi connectivity index (χ1n) is 4.96. The fraction of sp³-hybridized carbons (Fsp3) is 1.00. The Morgan fingerprint density at radius 2 is 1.93 bits per heavy atom. The van der Waals surface area contributed by atoms with Gasteiger partial charge < -0.3 is 9.84 Å². The average Bonchev–Trinajstić information content (AvgIpc) is 2.16. The van der Waals surface area contributed by atoms with Gasteiger partial charge in [0.15, 0.2) is 0 Å². The molecule has 0 aromatic carbocycles. The van der Waals surface area contributed by atoms with E-state index in [9.17, 15) is 8.42 Å². The van der Waals surface area contributed by atoms with Crippen LogP contribution in [0.15, 0.2) is 0 Å². The maximum atomic E-state index is 11.4. The highest BCUT2D eigenvalue weighted by atomic mass is 32.2. The second-order valence-corrected chi connectivity index (χ2v) is 5.96. The molecular weight excluding hydrogens is 218 g/mol. The van der Waals surface area contributed by atoms with E-state index in [0.717, 1.165) is 0 Å². The van der Waals surface area contributed by atoms with Crippen LogP contribution in [0, 0.1) is 0 Å². The molecule has 0 fully saturated rings. The van der Waals surface area contributed by atoms with Gasteiger partial charge in [0.1, 0.15) is 0 Å². The van der Waals surface area contributed by atoms with Crippen LogP contribution in [0.4, 0.5) is 0 Å². The molecular formula is C9H21NO4S. The number of hydrogen-bond acceptors (Lipinski definition) is 4. The van der Waals surface area contributed by atoms with Gasteiger partial charge in [-0.25, -0.2) is 13.1 Å². The van der Waals surface area contributed by atoms with Gasteiger partial charge in [-0.3, -0.25) is 0 Å². The number of hydrogen-bond donors (Lipinski definition) is 2. The van der Waals surface area contributed by atoms with Crippen molar-refractivity contribution in [1.82, 2.24) is 4.72 Å². The Morgan fingerprint density at radius 1 is 1.33 bits per heavy atom. The Hall–Kier alpha value is -0.170. The van der Waals surface area contributed by atoms with Crippen LogP contribution in [0.3, 0.4) is 0 Å². The molecule has 2 N–H and O–H groups in total. The Labute approximate surface area is 91.9 Å². The molecule has 0 bridgehead atoms. The third-order valence-corrected chi connectivity index (χ3v) is 3.50. The summed E-state index contributed by atoms with van der Waals surface area (Å²) in [5, 5.41) is 8.53. The highest BCUT2D eigenvalue weighted by Gasteiger charge is 2.19. The van der Waals surface area contributed by atoms with E-state index < -0.39 is 15.6 Å². The zero-order valence-electron chi connectivity index (χ0n) is 9.62. The second kappa shape index (κ2) is 6.42. The lowest BCUT2D eigenvalue weighted by Gasteiger charge is -2.22. The number of rotatable bonds is 8. The van der Waals surface area contributed by atoms with E-state index in [1.165, 1.54) is 0 Å². The number of sulfonamides is 1. The summed E-state index contributed by atoms with van der Waals surface area (Å²) in [5.41, 5.74) is -0.496. The molecule has 0 rings (SSSR count). The predicted octanol–water partition coefficient (Wildman–Crippen LogP) is 0.103. The van der Waals surface area contributed by atoms with Gasteiger partial charge in [0, 0.05) is 20.3 Å². The van der Waals surface area contributed by atoms with Crippen LogP contribution in [-0.2, 0) is 14.8 Å². The molecule has 0 amide bonds. The van der Waals surface area contributed by atoms with E-state index in [1.807, 2.05) is 13.8 Å². The lowest BCUT2D eigenvalue weighted by Crippen LogP contribution is -2.40. The SMILES string of the molecule is COC(C)(C)CNS(=O)(=O)CCCCO. The van der Waals surface area contributed by atoms with Crippen LogP contribution in [0.25, 0.3) is 0 Å². The van der Waals surface area contributed by atoms with Crippen molar-refractivity contribution in [1.29, 1.82) is 0 Å². The molecule has 0 saturated carbocycles. The van der Waals surface area contributed by atoms with E-state index in [0.29, 0.717) is 12.8 Å². The summed E-state index contributed by atoms with van der Waals surface area (Å²) in [6.45, 7) is 3.90. The quantitative estimate of drug-likeness (QED) is 0.589. The molecule has 5 nitrogen and oxygen atoms in total. The number of unbranched alkanes of at least 4 members (excludes halogenated alkanes) is 1. The van der Waals surface area contributed by atoms with Gasteiger partial charge in [0.25, 0.3) is 0 Å². The van der Waals surface area contributed by atoms with E-state index in [-0.39, 0.29) is 18.9 Å². The van der Waals surface area contributed by atoms with Crippen molar-refractivity contribution < 1.29 is 18.3 Å². The van der Waals surface area contributed by atoms with Crippen LogP contribution in [-0.4, -0.2) is 45.1 Å². The van der Waals surface area contributed by atoms with Crippen molar-refractivity contribution in [2.24, 2.45) is 0 Å². The van der Waals surface area contributed by atoms with Gasteiger partial charge >= 0.3 is 0 Å². The van der Waals surface area contributed by atoms with Crippen LogP contribution in [0.5, 0.6) is 0 Å². The van der Waals surface area contributed by atoms with Gasteiger partial charge in [-0.2, -0.15) is 0 Å². The summed E-state index contributed by atoms with van der Waals surface area (Å²) >= 11 is 0. The fourth-order valence-corrected chi connectivity index (χ4v) is 2.13. The summed E-state index contributed by atoms with van der Waals surface area (Å²) in [4.78, 5) is 0. The van der Waals surface area contributed by atoms with Crippen LogP contribution in [0.2, 0.25) is 0 Å². The van der Waals surface area contributed by atoms with Crippen molar-refractivity contribution in [2.75, 3.05) is 26.0 Å². The molecule has 0 radical (unpaired) electrons. The number of methoxy groups -OCH3 is 1. The number of ether oxygens (including phenoxy) is 1. The summed E-state index contributed by atoms with van der Waals surface area (Å²) in [5.74, 6) is 0.0490. The van der Waals surface area contributed by atoms with Crippen LogP contribution < -0.4 is 4.72 Å². The van der Waals surface area contributed by atoms with E-state index >= 15 is 0 Å². The molecule has 0 aromatic rings.